The van der Waals surface area contributed by atoms with Gasteiger partial charge in [0.1, 0.15) is 0 Å². The maximum atomic E-state index is 6.58. The Bertz CT molecular complexity index is 476. The molecule has 2 aromatic carbocycles. The fourth-order valence-corrected chi connectivity index (χ4v) is 6.13. The predicted octanol–water partition coefficient (Wildman–Crippen LogP) is 3.80. The van der Waals surface area contributed by atoms with Crippen LogP contribution in [-0.4, -0.2) is 27.9 Å². The molecule has 0 aromatic heterocycles. The first-order valence-electron chi connectivity index (χ1n) is 6.38. The Kier molecular flexibility index (Phi) is 5.82. The van der Waals surface area contributed by atoms with Gasteiger partial charge in [-0.25, -0.2) is 0 Å². The number of rotatable bonds is 6. The molecule has 0 N–H and O–H groups in total. The number of benzene rings is 2. The van der Waals surface area contributed by atoms with E-state index in [1.54, 1.807) is 14.2 Å². The van der Waals surface area contributed by atoms with Crippen molar-refractivity contribution in [3.8, 4) is 11.5 Å². The summed E-state index contributed by atoms with van der Waals surface area (Å²) in [5.41, 5.74) is 2.57. The quantitative estimate of drug-likeness (QED) is 0.736. The van der Waals surface area contributed by atoms with E-state index in [1.165, 1.54) is 11.1 Å². The molecule has 0 saturated heterocycles. The van der Waals surface area contributed by atoms with E-state index in [9.17, 15) is 0 Å². The molecule has 4 heteroatoms. The van der Waals surface area contributed by atoms with Crippen LogP contribution in [0.25, 0.3) is 0 Å². The molecule has 0 saturated carbocycles. The summed E-state index contributed by atoms with van der Waals surface area (Å²) in [6, 6.07) is 16.3. The van der Waals surface area contributed by atoms with Crippen molar-refractivity contribution in [2.24, 2.45) is 0 Å². The van der Waals surface area contributed by atoms with Gasteiger partial charge in [0.05, 0.1) is 0 Å². The summed E-state index contributed by atoms with van der Waals surface area (Å²) in [6.07, 6.45) is 0. The van der Waals surface area contributed by atoms with E-state index in [1.807, 2.05) is 24.3 Å². The minimum atomic E-state index is -1.38. The van der Waals surface area contributed by atoms with Gasteiger partial charge >= 0.3 is 129 Å². The van der Waals surface area contributed by atoms with Crippen LogP contribution < -0.4 is 9.47 Å². The second-order valence-electron chi connectivity index (χ2n) is 4.48. The summed E-state index contributed by atoms with van der Waals surface area (Å²) in [6.45, 7) is 0. The zero-order chi connectivity index (χ0) is 14.4. The van der Waals surface area contributed by atoms with Crippen molar-refractivity contribution < 1.29 is 9.47 Å². The average Bonchev–Trinajstić information content (AvgIpc) is 2.49. The van der Waals surface area contributed by atoms with Crippen molar-refractivity contribution in [3.05, 3.63) is 59.7 Å². The molecule has 0 aliphatic heterocycles. The topological polar surface area (TPSA) is 18.5 Å². The second-order valence-corrected chi connectivity index (χ2v) is 10.2. The number of halogens is 1. The van der Waals surface area contributed by atoms with Gasteiger partial charge in [0, 0.05) is 0 Å². The Hall–Kier alpha value is -1.11. The summed E-state index contributed by atoms with van der Waals surface area (Å²) >= 11 is -1.38. The van der Waals surface area contributed by atoms with E-state index in [4.69, 9.17) is 19.4 Å². The van der Waals surface area contributed by atoms with Gasteiger partial charge in [-0.2, -0.15) is 0 Å². The number of methoxy groups -OCH3 is 2. The average molecular weight is 353 g/mol. The molecule has 0 bridgehead atoms. The van der Waals surface area contributed by atoms with Crippen molar-refractivity contribution in [1.82, 2.24) is 0 Å². The normalized spacial score (nSPS) is 10.6. The summed E-state index contributed by atoms with van der Waals surface area (Å²) in [5, 5.41) is 1.98. The molecule has 0 fully saturated rings. The van der Waals surface area contributed by atoms with Crippen LogP contribution in [0, 0.1) is 0 Å². The fourth-order valence-electron chi connectivity index (χ4n) is 1.91. The van der Waals surface area contributed by atoms with E-state index >= 15 is 0 Å². The molecule has 106 valence electrons. The van der Waals surface area contributed by atoms with Crippen molar-refractivity contribution >= 4 is 23.7 Å². The first-order chi connectivity index (χ1) is 9.71. The van der Waals surface area contributed by atoms with Gasteiger partial charge in [-0.15, -0.1) is 0 Å². The molecule has 2 nitrogen and oxygen atoms in total. The van der Waals surface area contributed by atoms with Crippen molar-refractivity contribution in [3.63, 3.8) is 0 Å². The fraction of sp³-hybridized carbons (Fsp3) is 0.250. The van der Waals surface area contributed by atoms with Crippen LogP contribution in [0.15, 0.2) is 48.5 Å². The molecule has 0 atom stereocenters. The van der Waals surface area contributed by atoms with Gasteiger partial charge in [-0.3, -0.25) is 0 Å². The zero-order valence-corrected chi connectivity index (χ0v) is 14.3. The predicted molar refractivity (Wildman–Crippen MR) is 85.0 cm³/mol. The van der Waals surface area contributed by atoms with E-state index < -0.39 is 13.7 Å². The molecule has 20 heavy (non-hydrogen) atoms. The summed E-state index contributed by atoms with van der Waals surface area (Å²) in [4.78, 5) is 0. The first-order valence-corrected chi connectivity index (χ1v) is 11.5. The Labute approximate surface area is 129 Å². The molecule has 0 unspecified atom stereocenters. The Balaban J connectivity index is 1.91. The van der Waals surface area contributed by atoms with Crippen LogP contribution in [0.2, 0.25) is 0 Å². The monoisotopic (exact) mass is 352 g/mol. The minimum absolute atomic E-state index is 0.887. The molecule has 0 spiro atoms. The molecule has 0 aliphatic carbocycles. The van der Waals surface area contributed by atoms with Gasteiger partial charge in [0.25, 0.3) is 0 Å². The third kappa shape index (κ3) is 4.47. The summed E-state index contributed by atoms with van der Waals surface area (Å²) in [7, 11) is 9.94. The Morgan fingerprint density at radius 3 is 1.40 bits per heavy atom. The van der Waals surface area contributed by atoms with Crippen LogP contribution in [-0.2, 0) is 10.4 Å². The number of hydrogen-bond donors (Lipinski definition) is 0. The molecule has 0 heterocycles. The summed E-state index contributed by atoms with van der Waals surface area (Å²) < 4.78 is 10.3. The first kappa shape index (κ1) is 15.3. The van der Waals surface area contributed by atoms with E-state index in [0.29, 0.717) is 0 Å². The van der Waals surface area contributed by atoms with Gasteiger partial charge in [0.2, 0.25) is 0 Å². The van der Waals surface area contributed by atoms with E-state index in [-0.39, 0.29) is 0 Å². The molecular formula is C16H18AsClO2. The van der Waals surface area contributed by atoms with Crippen LogP contribution in [0.4, 0.5) is 0 Å². The summed E-state index contributed by atoms with van der Waals surface area (Å²) in [5.74, 6) is 1.77. The van der Waals surface area contributed by atoms with Crippen molar-refractivity contribution in [1.29, 1.82) is 0 Å². The van der Waals surface area contributed by atoms with Crippen LogP contribution in [0.3, 0.4) is 0 Å². The zero-order valence-electron chi connectivity index (χ0n) is 11.7. The Morgan fingerprint density at radius 2 is 1.10 bits per heavy atom. The van der Waals surface area contributed by atoms with E-state index in [2.05, 4.69) is 24.3 Å². The van der Waals surface area contributed by atoms with Gasteiger partial charge in [0.15, 0.2) is 0 Å². The van der Waals surface area contributed by atoms with Gasteiger partial charge in [-0.05, 0) is 0 Å². The molecule has 2 aromatic rings. The number of ether oxygens (including phenoxy) is 2. The van der Waals surface area contributed by atoms with Gasteiger partial charge in [-0.1, -0.05) is 0 Å². The third-order valence-electron chi connectivity index (χ3n) is 3.03. The molecule has 0 radical (unpaired) electrons. The second kappa shape index (κ2) is 7.61. The van der Waals surface area contributed by atoms with Crippen molar-refractivity contribution in [2.45, 2.75) is 10.4 Å². The van der Waals surface area contributed by atoms with Crippen LogP contribution >= 0.6 is 9.95 Å². The molecule has 0 amide bonds. The molecule has 0 aliphatic rings. The van der Waals surface area contributed by atoms with Crippen molar-refractivity contribution in [2.75, 3.05) is 14.2 Å². The maximum absolute atomic E-state index is 6.58. The SMILES string of the molecule is COc1ccc(C[As](Cl)Cc2ccc(OC)cc2)cc1. The molecule has 2 rings (SSSR count). The van der Waals surface area contributed by atoms with Gasteiger partial charge < -0.3 is 0 Å². The standard InChI is InChI=1S/C16H18AsClO2/c1-19-15-7-3-13(4-8-15)11-17(18)12-14-5-9-16(20-2)10-6-14/h3-10H,11-12H2,1-2H3. The number of hydrogen-bond acceptors (Lipinski definition) is 2. The Morgan fingerprint density at radius 1 is 0.750 bits per heavy atom. The van der Waals surface area contributed by atoms with E-state index in [0.717, 1.165) is 21.9 Å². The van der Waals surface area contributed by atoms with Crippen LogP contribution in [0.5, 0.6) is 11.5 Å². The molecular weight excluding hydrogens is 335 g/mol. The third-order valence-corrected chi connectivity index (χ3v) is 7.24. The van der Waals surface area contributed by atoms with Crippen LogP contribution in [0.1, 0.15) is 11.1 Å².